The third kappa shape index (κ3) is 3.22. The molecule has 126 valence electrons. The lowest BCUT2D eigenvalue weighted by atomic mass is 10.1. The Hall–Kier alpha value is -2.50. The molecule has 0 bridgehead atoms. The average molecular weight is 328 g/mol. The Bertz CT molecular complexity index is 770. The van der Waals surface area contributed by atoms with Crippen LogP contribution in [0, 0.1) is 19.7 Å². The number of rotatable bonds is 2. The lowest BCUT2D eigenvalue weighted by Crippen LogP contribution is -2.48. The number of carbonyl (C=O) groups is 1. The van der Waals surface area contributed by atoms with Crippen LogP contribution in [-0.4, -0.2) is 47.0 Å². The number of anilines is 1. The van der Waals surface area contributed by atoms with Gasteiger partial charge in [0.15, 0.2) is 5.82 Å². The molecule has 0 atom stereocenters. The van der Waals surface area contributed by atoms with E-state index in [2.05, 4.69) is 14.9 Å². The van der Waals surface area contributed by atoms with E-state index < -0.39 is 0 Å². The van der Waals surface area contributed by atoms with Gasteiger partial charge >= 0.3 is 0 Å². The van der Waals surface area contributed by atoms with Gasteiger partial charge in [0, 0.05) is 49.9 Å². The summed E-state index contributed by atoms with van der Waals surface area (Å²) in [7, 11) is 0. The van der Waals surface area contributed by atoms with Crippen molar-refractivity contribution in [2.45, 2.75) is 20.8 Å². The molecule has 0 unspecified atom stereocenters. The second kappa shape index (κ2) is 6.55. The van der Waals surface area contributed by atoms with Crippen LogP contribution in [0.3, 0.4) is 0 Å². The fourth-order valence-corrected chi connectivity index (χ4v) is 2.91. The minimum absolute atomic E-state index is 0.102. The van der Waals surface area contributed by atoms with Crippen molar-refractivity contribution in [2.75, 3.05) is 31.1 Å². The Balaban J connectivity index is 1.92. The van der Waals surface area contributed by atoms with Gasteiger partial charge in [-0.25, -0.2) is 14.4 Å². The van der Waals surface area contributed by atoms with Crippen molar-refractivity contribution in [3.8, 4) is 11.4 Å². The van der Waals surface area contributed by atoms with Gasteiger partial charge < -0.3 is 9.80 Å². The Morgan fingerprint density at radius 1 is 1.12 bits per heavy atom. The molecule has 24 heavy (non-hydrogen) atoms. The van der Waals surface area contributed by atoms with Gasteiger partial charge in [0.2, 0.25) is 5.91 Å². The number of carbonyl (C=O) groups excluding carboxylic acids is 1. The van der Waals surface area contributed by atoms with Crippen LogP contribution in [0.4, 0.5) is 10.2 Å². The van der Waals surface area contributed by atoms with E-state index in [1.165, 1.54) is 12.1 Å². The van der Waals surface area contributed by atoms with E-state index in [0.29, 0.717) is 24.5 Å². The molecule has 6 heteroatoms. The number of benzene rings is 1. The van der Waals surface area contributed by atoms with Gasteiger partial charge in [-0.15, -0.1) is 0 Å². The van der Waals surface area contributed by atoms with E-state index in [1.54, 1.807) is 13.0 Å². The maximum absolute atomic E-state index is 13.5. The number of piperazine rings is 1. The van der Waals surface area contributed by atoms with Crippen LogP contribution >= 0.6 is 0 Å². The van der Waals surface area contributed by atoms with Crippen molar-refractivity contribution in [3.63, 3.8) is 0 Å². The van der Waals surface area contributed by atoms with Crippen molar-refractivity contribution in [1.29, 1.82) is 0 Å². The molecule has 1 aromatic carbocycles. The van der Waals surface area contributed by atoms with Crippen LogP contribution in [0.15, 0.2) is 24.3 Å². The number of halogens is 1. The number of nitrogens with zero attached hydrogens (tertiary/aromatic N) is 4. The normalized spacial score (nSPS) is 14.8. The lowest BCUT2D eigenvalue weighted by molar-refractivity contribution is -0.129. The van der Waals surface area contributed by atoms with Crippen molar-refractivity contribution < 1.29 is 9.18 Å². The highest BCUT2D eigenvalue weighted by atomic mass is 19.1. The zero-order chi connectivity index (χ0) is 17.3. The van der Waals surface area contributed by atoms with Crippen LogP contribution in [0.25, 0.3) is 11.4 Å². The van der Waals surface area contributed by atoms with Gasteiger partial charge in [-0.05, 0) is 26.0 Å². The van der Waals surface area contributed by atoms with Crippen molar-refractivity contribution >= 4 is 11.7 Å². The highest BCUT2D eigenvalue weighted by Gasteiger charge is 2.22. The molecule has 1 aromatic heterocycles. The van der Waals surface area contributed by atoms with E-state index >= 15 is 0 Å². The van der Waals surface area contributed by atoms with Crippen LogP contribution in [0.5, 0.6) is 0 Å². The van der Waals surface area contributed by atoms with E-state index in [1.807, 2.05) is 24.8 Å². The second-order valence-corrected chi connectivity index (χ2v) is 6.08. The molecule has 0 aliphatic carbocycles. The molecule has 2 heterocycles. The van der Waals surface area contributed by atoms with Gasteiger partial charge in [-0.3, -0.25) is 4.79 Å². The van der Waals surface area contributed by atoms with Gasteiger partial charge in [0.1, 0.15) is 11.6 Å². The van der Waals surface area contributed by atoms with Crippen LogP contribution < -0.4 is 4.90 Å². The molecule has 3 rings (SSSR count). The predicted octanol–water partition coefficient (Wildman–Crippen LogP) is 2.57. The van der Waals surface area contributed by atoms with Gasteiger partial charge in [-0.2, -0.15) is 0 Å². The Morgan fingerprint density at radius 3 is 2.46 bits per heavy atom. The zero-order valence-electron chi connectivity index (χ0n) is 14.2. The Morgan fingerprint density at radius 2 is 1.83 bits per heavy atom. The first-order valence-electron chi connectivity index (χ1n) is 8.07. The van der Waals surface area contributed by atoms with E-state index in [4.69, 9.17) is 0 Å². The second-order valence-electron chi connectivity index (χ2n) is 6.08. The van der Waals surface area contributed by atoms with Crippen LogP contribution in [0.1, 0.15) is 18.2 Å². The molecule has 0 saturated carbocycles. The topological polar surface area (TPSA) is 49.3 Å². The number of aryl methyl sites for hydroxylation is 1. The summed E-state index contributed by atoms with van der Waals surface area (Å²) in [5.74, 6) is 1.20. The number of aromatic nitrogens is 2. The first-order valence-corrected chi connectivity index (χ1v) is 8.07. The average Bonchev–Trinajstić information content (AvgIpc) is 2.57. The van der Waals surface area contributed by atoms with E-state index in [-0.39, 0.29) is 11.7 Å². The monoisotopic (exact) mass is 328 g/mol. The maximum Gasteiger partial charge on any atom is 0.219 e. The van der Waals surface area contributed by atoms with Crippen LogP contribution in [0.2, 0.25) is 0 Å². The summed E-state index contributed by atoms with van der Waals surface area (Å²) in [6.07, 6.45) is 0. The van der Waals surface area contributed by atoms with Gasteiger partial charge in [0.05, 0.1) is 0 Å². The number of hydrogen-bond donors (Lipinski definition) is 0. The maximum atomic E-state index is 13.5. The zero-order valence-corrected chi connectivity index (χ0v) is 14.2. The number of hydrogen-bond acceptors (Lipinski definition) is 4. The summed E-state index contributed by atoms with van der Waals surface area (Å²) in [6.45, 7) is 8.38. The SMILES string of the molecule is CC(=O)N1CCN(c2nc(-c3cccc(F)c3)nc(C)c2C)CC1. The third-order valence-corrected chi connectivity index (χ3v) is 4.47. The molecule has 5 nitrogen and oxygen atoms in total. The molecule has 1 amide bonds. The molecule has 2 aromatic rings. The fourth-order valence-electron chi connectivity index (χ4n) is 2.91. The summed E-state index contributed by atoms with van der Waals surface area (Å²) in [5.41, 5.74) is 2.57. The largest absolute Gasteiger partial charge is 0.353 e. The van der Waals surface area contributed by atoms with Crippen LogP contribution in [-0.2, 0) is 4.79 Å². The lowest BCUT2D eigenvalue weighted by Gasteiger charge is -2.35. The quantitative estimate of drug-likeness (QED) is 0.850. The molecular formula is C18H21FN4O. The molecule has 0 spiro atoms. The highest BCUT2D eigenvalue weighted by molar-refractivity contribution is 5.73. The van der Waals surface area contributed by atoms with Gasteiger partial charge in [0.25, 0.3) is 0 Å². The smallest absolute Gasteiger partial charge is 0.219 e. The minimum Gasteiger partial charge on any atom is -0.353 e. The standard InChI is InChI=1S/C18H21FN4O/c1-12-13(2)20-17(15-5-4-6-16(19)11-15)21-18(12)23-9-7-22(8-10-23)14(3)24/h4-6,11H,7-10H2,1-3H3. The van der Waals surface area contributed by atoms with E-state index in [9.17, 15) is 9.18 Å². The molecule has 1 aliphatic heterocycles. The molecule has 1 aliphatic rings. The number of amides is 1. The highest BCUT2D eigenvalue weighted by Crippen LogP contribution is 2.25. The van der Waals surface area contributed by atoms with Gasteiger partial charge in [-0.1, -0.05) is 12.1 Å². The fraction of sp³-hybridized carbons (Fsp3) is 0.389. The Kier molecular flexibility index (Phi) is 4.46. The summed E-state index contributed by atoms with van der Waals surface area (Å²) in [5, 5.41) is 0. The first kappa shape index (κ1) is 16.4. The van der Waals surface area contributed by atoms with Crippen molar-refractivity contribution in [2.24, 2.45) is 0 Å². The van der Waals surface area contributed by atoms with Crippen molar-refractivity contribution in [1.82, 2.24) is 14.9 Å². The summed E-state index contributed by atoms with van der Waals surface area (Å²) < 4.78 is 13.5. The molecule has 0 N–H and O–H groups in total. The summed E-state index contributed by atoms with van der Waals surface area (Å²) in [4.78, 5) is 24.7. The summed E-state index contributed by atoms with van der Waals surface area (Å²) in [6, 6.07) is 6.33. The van der Waals surface area contributed by atoms with E-state index in [0.717, 1.165) is 30.2 Å². The molecule has 1 fully saturated rings. The van der Waals surface area contributed by atoms with Crippen molar-refractivity contribution in [3.05, 3.63) is 41.3 Å². The molecule has 1 saturated heterocycles. The molecule has 0 radical (unpaired) electrons. The Labute approximate surface area is 141 Å². The third-order valence-electron chi connectivity index (χ3n) is 4.47. The predicted molar refractivity (Wildman–Crippen MR) is 91.4 cm³/mol. The minimum atomic E-state index is -0.300. The molecular weight excluding hydrogens is 307 g/mol. The summed E-state index contributed by atoms with van der Waals surface area (Å²) >= 11 is 0. The first-order chi connectivity index (χ1) is 11.5.